The van der Waals surface area contributed by atoms with Crippen LogP contribution in [0.25, 0.3) is 0 Å². The van der Waals surface area contributed by atoms with Crippen molar-refractivity contribution in [2.75, 3.05) is 29.5 Å². The van der Waals surface area contributed by atoms with E-state index in [-0.39, 0.29) is 11.8 Å². The summed E-state index contributed by atoms with van der Waals surface area (Å²) in [4.78, 5) is 5.90. The SMILES string of the molecule is Nc1ncc(N2CCCCC2)c(N)[n+]1[O-]. The molecule has 0 radical (unpaired) electrons. The van der Waals surface area contributed by atoms with Crippen LogP contribution in [0.5, 0.6) is 0 Å². The van der Waals surface area contributed by atoms with Gasteiger partial charge in [0, 0.05) is 13.1 Å². The quantitative estimate of drug-likeness (QED) is 0.496. The van der Waals surface area contributed by atoms with Crippen LogP contribution in [0.15, 0.2) is 6.20 Å². The van der Waals surface area contributed by atoms with Gasteiger partial charge < -0.3 is 21.6 Å². The molecule has 1 aliphatic heterocycles. The summed E-state index contributed by atoms with van der Waals surface area (Å²) in [6, 6.07) is 0. The lowest BCUT2D eigenvalue weighted by molar-refractivity contribution is -0.576. The van der Waals surface area contributed by atoms with Crippen LogP contribution in [-0.2, 0) is 0 Å². The highest BCUT2D eigenvalue weighted by molar-refractivity contribution is 5.60. The molecule has 6 nitrogen and oxygen atoms in total. The van der Waals surface area contributed by atoms with Crippen molar-refractivity contribution in [1.82, 2.24) is 4.98 Å². The molecule has 0 amide bonds. The van der Waals surface area contributed by atoms with E-state index in [1.807, 2.05) is 0 Å². The number of nitrogens with zero attached hydrogens (tertiary/aromatic N) is 3. The summed E-state index contributed by atoms with van der Waals surface area (Å²) >= 11 is 0. The van der Waals surface area contributed by atoms with Crippen molar-refractivity contribution in [3.63, 3.8) is 0 Å². The van der Waals surface area contributed by atoms with Crippen LogP contribution in [-0.4, -0.2) is 18.1 Å². The number of nitrogen functional groups attached to an aromatic ring is 2. The smallest absolute Gasteiger partial charge is 0.344 e. The van der Waals surface area contributed by atoms with E-state index in [2.05, 4.69) is 9.88 Å². The maximum absolute atomic E-state index is 11.4. The van der Waals surface area contributed by atoms with Gasteiger partial charge >= 0.3 is 5.95 Å². The van der Waals surface area contributed by atoms with Crippen LogP contribution in [0, 0.1) is 5.21 Å². The summed E-state index contributed by atoms with van der Waals surface area (Å²) in [5, 5.41) is 11.4. The first-order valence-corrected chi connectivity index (χ1v) is 5.08. The zero-order valence-electron chi connectivity index (χ0n) is 8.52. The Bertz CT molecular complexity index is 362. The van der Waals surface area contributed by atoms with Crippen LogP contribution in [0.1, 0.15) is 19.3 Å². The normalized spacial score (nSPS) is 16.7. The topological polar surface area (TPSA) is 95.1 Å². The molecule has 0 aromatic carbocycles. The lowest BCUT2D eigenvalue weighted by atomic mass is 10.1. The number of hydrogen-bond donors (Lipinski definition) is 2. The molecule has 1 saturated heterocycles. The lowest BCUT2D eigenvalue weighted by Crippen LogP contribution is -2.39. The summed E-state index contributed by atoms with van der Waals surface area (Å²) < 4.78 is 0.476. The maximum atomic E-state index is 11.4. The Balaban J connectivity index is 2.31. The van der Waals surface area contributed by atoms with E-state index in [9.17, 15) is 5.21 Å². The third-order valence-electron chi connectivity index (χ3n) is 2.71. The molecule has 15 heavy (non-hydrogen) atoms. The van der Waals surface area contributed by atoms with Crippen LogP contribution in [0.3, 0.4) is 0 Å². The minimum atomic E-state index is -0.103. The molecule has 0 spiro atoms. The molecule has 82 valence electrons. The van der Waals surface area contributed by atoms with Gasteiger partial charge in [-0.1, -0.05) is 0 Å². The van der Waals surface area contributed by atoms with Crippen molar-refractivity contribution in [3.05, 3.63) is 11.4 Å². The van der Waals surface area contributed by atoms with Gasteiger partial charge in [0.25, 0.3) is 0 Å². The number of anilines is 3. The van der Waals surface area contributed by atoms with E-state index in [1.165, 1.54) is 6.42 Å². The van der Waals surface area contributed by atoms with E-state index in [4.69, 9.17) is 11.5 Å². The molecular weight excluding hydrogens is 194 g/mol. The van der Waals surface area contributed by atoms with Gasteiger partial charge in [-0.15, -0.1) is 4.98 Å². The van der Waals surface area contributed by atoms with E-state index >= 15 is 0 Å². The largest absolute Gasteiger partial charge is 0.754 e. The second-order valence-electron chi connectivity index (χ2n) is 3.73. The fourth-order valence-corrected chi connectivity index (χ4v) is 1.85. The number of hydrogen-bond acceptors (Lipinski definition) is 5. The fourth-order valence-electron chi connectivity index (χ4n) is 1.85. The maximum Gasteiger partial charge on any atom is 0.344 e. The van der Waals surface area contributed by atoms with Gasteiger partial charge in [0.05, 0.1) is 0 Å². The van der Waals surface area contributed by atoms with Crippen LogP contribution in [0.2, 0.25) is 0 Å². The first kappa shape index (κ1) is 9.82. The molecular formula is C9H15N5O. The number of piperidine rings is 1. The average molecular weight is 209 g/mol. The van der Waals surface area contributed by atoms with Crippen molar-refractivity contribution in [2.45, 2.75) is 19.3 Å². The van der Waals surface area contributed by atoms with Gasteiger partial charge in [-0.05, 0) is 19.3 Å². The monoisotopic (exact) mass is 209 g/mol. The summed E-state index contributed by atoms with van der Waals surface area (Å²) in [6.45, 7) is 1.85. The van der Waals surface area contributed by atoms with E-state index < -0.39 is 0 Å². The Morgan fingerprint density at radius 3 is 2.60 bits per heavy atom. The summed E-state index contributed by atoms with van der Waals surface area (Å²) in [7, 11) is 0. The van der Waals surface area contributed by atoms with Crippen LogP contribution < -0.4 is 21.1 Å². The minimum Gasteiger partial charge on any atom is -0.754 e. The first-order chi connectivity index (χ1) is 7.20. The second kappa shape index (κ2) is 3.80. The van der Waals surface area contributed by atoms with Crippen molar-refractivity contribution in [1.29, 1.82) is 0 Å². The number of aromatic nitrogens is 2. The standard InChI is InChI=1S/C9H15N5O/c10-8-7(6-12-9(11)14(8)15)13-4-2-1-3-5-13/h6H,1-5,10H2,(H2,11,12). The minimum absolute atomic E-state index is 0.103. The van der Waals surface area contributed by atoms with Gasteiger partial charge in [-0.3, -0.25) is 0 Å². The van der Waals surface area contributed by atoms with Crippen molar-refractivity contribution < 1.29 is 4.73 Å². The second-order valence-corrected chi connectivity index (χ2v) is 3.73. The Labute approximate surface area is 88.1 Å². The first-order valence-electron chi connectivity index (χ1n) is 5.08. The molecule has 1 aliphatic rings. The van der Waals surface area contributed by atoms with Gasteiger partial charge in [0.2, 0.25) is 5.82 Å². The molecule has 4 N–H and O–H groups in total. The predicted octanol–water partition coefficient (Wildman–Crippen LogP) is -0.130. The van der Waals surface area contributed by atoms with E-state index in [0.717, 1.165) is 25.9 Å². The Kier molecular flexibility index (Phi) is 2.49. The van der Waals surface area contributed by atoms with Crippen molar-refractivity contribution >= 4 is 17.5 Å². The van der Waals surface area contributed by atoms with Gasteiger partial charge in [-0.2, -0.15) is 0 Å². The molecule has 6 heteroatoms. The highest BCUT2D eigenvalue weighted by atomic mass is 16.5. The zero-order valence-corrected chi connectivity index (χ0v) is 8.52. The summed E-state index contributed by atoms with van der Waals surface area (Å²) in [5.74, 6) is 0.0395. The van der Waals surface area contributed by atoms with Gasteiger partial charge in [-0.25, -0.2) is 4.73 Å². The molecule has 0 aliphatic carbocycles. The molecule has 2 rings (SSSR count). The lowest BCUT2D eigenvalue weighted by Gasteiger charge is -2.29. The van der Waals surface area contributed by atoms with Crippen molar-refractivity contribution in [2.24, 2.45) is 0 Å². The highest BCUT2D eigenvalue weighted by Gasteiger charge is 2.18. The van der Waals surface area contributed by atoms with Crippen molar-refractivity contribution in [3.8, 4) is 0 Å². The molecule has 2 heterocycles. The Morgan fingerprint density at radius 1 is 1.27 bits per heavy atom. The van der Waals surface area contributed by atoms with E-state index in [0.29, 0.717) is 10.4 Å². The number of rotatable bonds is 1. The predicted molar refractivity (Wildman–Crippen MR) is 58.1 cm³/mol. The molecule has 0 saturated carbocycles. The summed E-state index contributed by atoms with van der Waals surface area (Å²) in [6.07, 6.45) is 5.06. The highest BCUT2D eigenvalue weighted by Crippen LogP contribution is 2.22. The molecule has 0 atom stereocenters. The third-order valence-corrected chi connectivity index (χ3v) is 2.71. The summed E-state index contributed by atoms with van der Waals surface area (Å²) in [5.41, 5.74) is 11.8. The Morgan fingerprint density at radius 2 is 1.93 bits per heavy atom. The van der Waals surface area contributed by atoms with Crippen LogP contribution >= 0.6 is 0 Å². The average Bonchev–Trinajstić information content (AvgIpc) is 2.27. The Hall–Kier alpha value is -1.72. The van der Waals surface area contributed by atoms with E-state index in [1.54, 1.807) is 6.20 Å². The molecule has 1 aromatic rings. The molecule has 1 aromatic heterocycles. The van der Waals surface area contributed by atoms with Crippen LogP contribution in [0.4, 0.5) is 17.5 Å². The third kappa shape index (κ3) is 1.74. The fraction of sp³-hybridized carbons (Fsp3) is 0.556. The zero-order chi connectivity index (χ0) is 10.8. The molecule has 0 bridgehead atoms. The number of nitrogens with two attached hydrogens (primary N) is 2. The van der Waals surface area contributed by atoms with Gasteiger partial charge in [0.1, 0.15) is 11.9 Å². The molecule has 0 unspecified atom stereocenters. The molecule has 1 fully saturated rings. The van der Waals surface area contributed by atoms with Gasteiger partial charge in [0.15, 0.2) is 0 Å².